The minimum Gasteiger partial charge on any atom is -0.491 e. The van der Waals surface area contributed by atoms with Gasteiger partial charge in [-0.1, -0.05) is 36.4 Å². The number of hydrogen-bond acceptors (Lipinski definition) is 3. The van der Waals surface area contributed by atoms with Gasteiger partial charge in [-0.15, -0.1) is 24.0 Å². The van der Waals surface area contributed by atoms with Crippen molar-refractivity contribution < 1.29 is 4.74 Å². The molecule has 6 nitrogen and oxygen atoms in total. The third-order valence-corrected chi connectivity index (χ3v) is 3.98. The molecule has 0 bridgehead atoms. The molecule has 138 valence electrons. The van der Waals surface area contributed by atoms with Crippen LogP contribution >= 0.6 is 24.0 Å². The second-order valence-electron chi connectivity index (χ2n) is 5.62. The average molecular weight is 465 g/mol. The molecule has 0 aliphatic heterocycles. The zero-order chi connectivity index (χ0) is 17.5. The monoisotopic (exact) mass is 465 g/mol. The van der Waals surface area contributed by atoms with E-state index in [4.69, 9.17) is 4.74 Å². The van der Waals surface area contributed by atoms with Gasteiger partial charge >= 0.3 is 0 Å². The summed E-state index contributed by atoms with van der Waals surface area (Å²) in [5.41, 5.74) is 1.09. The van der Waals surface area contributed by atoms with Crippen LogP contribution in [0.15, 0.2) is 59.7 Å². The van der Waals surface area contributed by atoms with Gasteiger partial charge in [-0.3, -0.25) is 9.67 Å². The van der Waals surface area contributed by atoms with Crippen LogP contribution < -0.4 is 15.4 Å². The first-order valence-electron chi connectivity index (χ1n) is 8.30. The highest BCUT2D eigenvalue weighted by molar-refractivity contribution is 14.0. The van der Waals surface area contributed by atoms with Crippen LogP contribution in [0.2, 0.25) is 0 Å². The maximum Gasteiger partial charge on any atom is 0.191 e. The van der Waals surface area contributed by atoms with Gasteiger partial charge in [0.15, 0.2) is 5.96 Å². The van der Waals surface area contributed by atoms with Gasteiger partial charge in [-0.2, -0.15) is 5.10 Å². The Morgan fingerprint density at radius 1 is 1.12 bits per heavy atom. The smallest absolute Gasteiger partial charge is 0.191 e. The third kappa shape index (κ3) is 5.10. The fourth-order valence-electron chi connectivity index (χ4n) is 2.62. The second-order valence-corrected chi connectivity index (χ2v) is 5.62. The van der Waals surface area contributed by atoms with Gasteiger partial charge in [0.05, 0.1) is 18.8 Å². The molecule has 0 spiro atoms. The summed E-state index contributed by atoms with van der Waals surface area (Å²) in [6.07, 6.45) is 1.78. The lowest BCUT2D eigenvalue weighted by atomic mass is 10.1. The zero-order valence-electron chi connectivity index (χ0n) is 15.0. The first-order chi connectivity index (χ1) is 12.3. The molecule has 7 heteroatoms. The van der Waals surface area contributed by atoms with Gasteiger partial charge in [0, 0.05) is 25.7 Å². The minimum absolute atomic E-state index is 0. The van der Waals surface area contributed by atoms with E-state index in [9.17, 15) is 0 Å². The maximum absolute atomic E-state index is 5.92. The first-order valence-corrected chi connectivity index (χ1v) is 8.30. The number of fused-ring (bicyclic) bond motifs is 1. The van der Waals surface area contributed by atoms with E-state index < -0.39 is 0 Å². The molecule has 0 aliphatic carbocycles. The van der Waals surface area contributed by atoms with Gasteiger partial charge in [-0.05, 0) is 17.5 Å². The van der Waals surface area contributed by atoms with Crippen LogP contribution in [0.4, 0.5) is 0 Å². The lowest BCUT2D eigenvalue weighted by Crippen LogP contribution is -2.39. The van der Waals surface area contributed by atoms with Crippen molar-refractivity contribution in [3.8, 4) is 5.75 Å². The summed E-state index contributed by atoms with van der Waals surface area (Å²) in [7, 11) is 3.68. The topological polar surface area (TPSA) is 63.5 Å². The summed E-state index contributed by atoms with van der Waals surface area (Å²) >= 11 is 0. The lowest BCUT2D eigenvalue weighted by Gasteiger charge is -2.13. The van der Waals surface area contributed by atoms with Crippen LogP contribution in [0.25, 0.3) is 10.8 Å². The molecule has 3 rings (SSSR count). The van der Waals surface area contributed by atoms with Crippen LogP contribution in [-0.4, -0.2) is 35.9 Å². The number of nitrogens with zero attached hydrogens (tertiary/aromatic N) is 3. The highest BCUT2D eigenvalue weighted by atomic mass is 127. The van der Waals surface area contributed by atoms with Crippen molar-refractivity contribution in [1.82, 2.24) is 20.4 Å². The van der Waals surface area contributed by atoms with Crippen LogP contribution in [0.1, 0.15) is 5.69 Å². The SMILES string of the molecule is CN=C(NCCOc1cccc2ccccc12)NCc1ccnn1C.I. The second kappa shape index (κ2) is 10.0. The number of aryl methyl sites for hydroxylation is 1. The standard InChI is InChI=1S/C19H23N5O.HI/c1-20-19(22-14-16-10-11-23-24(16)2)21-12-13-25-18-9-5-7-15-6-3-4-8-17(15)18;/h3-11H,12-14H2,1-2H3,(H2,20,21,22);1H. The molecule has 0 unspecified atom stereocenters. The molecule has 0 amide bonds. The largest absolute Gasteiger partial charge is 0.491 e. The lowest BCUT2D eigenvalue weighted by molar-refractivity contribution is 0.325. The molecule has 1 heterocycles. The molecule has 0 aliphatic rings. The summed E-state index contributed by atoms with van der Waals surface area (Å²) in [5.74, 6) is 1.64. The van der Waals surface area contributed by atoms with Crippen molar-refractivity contribution in [3.05, 3.63) is 60.4 Å². The molecule has 1 aromatic heterocycles. The van der Waals surface area contributed by atoms with Crippen molar-refractivity contribution in [2.45, 2.75) is 6.54 Å². The normalized spacial score (nSPS) is 11.1. The highest BCUT2D eigenvalue weighted by Crippen LogP contribution is 2.24. The molecule has 2 aromatic carbocycles. The molecule has 0 saturated heterocycles. The van der Waals surface area contributed by atoms with E-state index in [1.165, 1.54) is 5.39 Å². The van der Waals surface area contributed by atoms with Crippen molar-refractivity contribution in [2.75, 3.05) is 20.2 Å². The number of benzene rings is 2. The van der Waals surface area contributed by atoms with Crippen LogP contribution in [0.3, 0.4) is 0 Å². The van der Waals surface area contributed by atoms with Gasteiger partial charge in [-0.25, -0.2) is 0 Å². The number of halogens is 1. The summed E-state index contributed by atoms with van der Waals surface area (Å²) in [4.78, 5) is 4.22. The summed E-state index contributed by atoms with van der Waals surface area (Å²) in [6.45, 7) is 1.88. The van der Waals surface area contributed by atoms with Crippen molar-refractivity contribution in [1.29, 1.82) is 0 Å². The molecule has 0 radical (unpaired) electrons. The number of hydrogen-bond donors (Lipinski definition) is 2. The molecule has 3 aromatic rings. The summed E-state index contributed by atoms with van der Waals surface area (Å²) < 4.78 is 7.76. The van der Waals surface area contributed by atoms with Crippen molar-refractivity contribution in [3.63, 3.8) is 0 Å². The van der Waals surface area contributed by atoms with Crippen LogP contribution in [0, 0.1) is 0 Å². The molecule has 2 N–H and O–H groups in total. The summed E-state index contributed by atoms with van der Waals surface area (Å²) in [6, 6.07) is 16.3. The number of aliphatic imine (C=N–C) groups is 1. The third-order valence-electron chi connectivity index (χ3n) is 3.98. The van der Waals surface area contributed by atoms with Crippen molar-refractivity contribution >= 4 is 40.7 Å². The van der Waals surface area contributed by atoms with Gasteiger partial charge in [0.1, 0.15) is 12.4 Å². The van der Waals surface area contributed by atoms with Gasteiger partial charge in [0.25, 0.3) is 0 Å². The Labute approximate surface area is 170 Å². The van der Waals surface area contributed by atoms with Crippen LogP contribution in [-0.2, 0) is 13.6 Å². The van der Waals surface area contributed by atoms with Gasteiger partial charge < -0.3 is 15.4 Å². The number of guanidine groups is 1. The predicted molar refractivity (Wildman–Crippen MR) is 116 cm³/mol. The maximum atomic E-state index is 5.92. The first kappa shape index (κ1) is 20.0. The van der Waals surface area contributed by atoms with E-state index in [-0.39, 0.29) is 24.0 Å². The number of aromatic nitrogens is 2. The highest BCUT2D eigenvalue weighted by Gasteiger charge is 2.03. The molecule has 0 atom stereocenters. The van der Waals surface area contributed by atoms with Crippen molar-refractivity contribution in [2.24, 2.45) is 12.0 Å². The average Bonchev–Trinajstić information content (AvgIpc) is 3.06. The fraction of sp³-hybridized carbons (Fsp3) is 0.263. The Bertz CT molecular complexity index is 857. The van der Waals surface area contributed by atoms with E-state index in [0.717, 1.165) is 22.8 Å². The zero-order valence-corrected chi connectivity index (χ0v) is 17.3. The van der Waals surface area contributed by atoms with E-state index in [1.54, 1.807) is 13.2 Å². The minimum atomic E-state index is 0. The van der Waals surface area contributed by atoms with E-state index in [0.29, 0.717) is 19.7 Å². The predicted octanol–water partition coefficient (Wildman–Crippen LogP) is 2.94. The van der Waals surface area contributed by atoms with E-state index in [2.05, 4.69) is 38.9 Å². The number of ether oxygens (including phenoxy) is 1. The molecule has 0 saturated carbocycles. The van der Waals surface area contributed by atoms with Gasteiger partial charge in [0.2, 0.25) is 0 Å². The Hall–Kier alpha value is -2.29. The van der Waals surface area contributed by atoms with E-state index >= 15 is 0 Å². The molecule has 26 heavy (non-hydrogen) atoms. The molecular weight excluding hydrogens is 441 g/mol. The molecular formula is C19H24IN5O. The molecule has 0 fully saturated rings. The Morgan fingerprint density at radius 3 is 2.69 bits per heavy atom. The Kier molecular flexibility index (Phi) is 7.71. The quantitative estimate of drug-likeness (QED) is 0.255. The summed E-state index contributed by atoms with van der Waals surface area (Å²) in [5, 5.41) is 13.0. The van der Waals surface area contributed by atoms with E-state index in [1.807, 2.05) is 42.1 Å². The number of rotatable bonds is 6. The Balaban J connectivity index is 0.00000243. The van der Waals surface area contributed by atoms with Crippen LogP contribution in [0.5, 0.6) is 5.75 Å². The fourth-order valence-corrected chi connectivity index (χ4v) is 2.62. The Morgan fingerprint density at radius 2 is 1.92 bits per heavy atom. The number of nitrogens with one attached hydrogen (secondary N) is 2.